The number of aryl methyl sites for hydroxylation is 1. The van der Waals surface area contributed by atoms with Crippen LogP contribution in [0.1, 0.15) is 55.2 Å². The first-order valence-electron chi connectivity index (χ1n) is 13.4. The number of fused-ring (bicyclic) bond motifs is 1. The predicted octanol–water partition coefficient (Wildman–Crippen LogP) is 6.17. The molecule has 3 aromatic carbocycles. The van der Waals surface area contributed by atoms with Gasteiger partial charge in [-0.05, 0) is 54.8 Å². The van der Waals surface area contributed by atoms with Gasteiger partial charge >= 0.3 is 5.97 Å². The van der Waals surface area contributed by atoms with Crippen molar-refractivity contribution in [2.24, 2.45) is 5.73 Å². The monoisotopic (exact) mass is 542 g/mol. The minimum Gasteiger partial charge on any atom is -0.493 e. The highest BCUT2D eigenvalue weighted by Crippen LogP contribution is 2.45. The van der Waals surface area contributed by atoms with Crippen molar-refractivity contribution < 1.29 is 28.5 Å². The van der Waals surface area contributed by atoms with Crippen LogP contribution in [0.15, 0.2) is 72.1 Å². The molecule has 208 valence electrons. The Morgan fingerprint density at radius 2 is 1.85 bits per heavy atom. The summed E-state index contributed by atoms with van der Waals surface area (Å²) in [5, 5.41) is 9.92. The average Bonchev–Trinajstić information content (AvgIpc) is 2.95. The lowest BCUT2D eigenvalue weighted by Crippen LogP contribution is -2.22. The van der Waals surface area contributed by atoms with Crippen molar-refractivity contribution in [3.63, 3.8) is 0 Å². The van der Waals surface area contributed by atoms with Gasteiger partial charge in [-0.25, -0.2) is 4.79 Å². The summed E-state index contributed by atoms with van der Waals surface area (Å²) >= 11 is 0. The molecule has 2 N–H and O–H groups in total. The van der Waals surface area contributed by atoms with Gasteiger partial charge in [0, 0.05) is 11.6 Å². The number of carbonyl (C=O) groups excluding carboxylic acids is 1. The first-order valence-corrected chi connectivity index (χ1v) is 13.4. The van der Waals surface area contributed by atoms with Gasteiger partial charge in [0.05, 0.1) is 19.6 Å². The quantitative estimate of drug-likeness (QED) is 0.164. The molecule has 0 amide bonds. The number of nitriles is 1. The van der Waals surface area contributed by atoms with Crippen LogP contribution in [-0.2, 0) is 4.79 Å². The number of hydrogen-bond acceptors (Lipinski definition) is 8. The van der Waals surface area contributed by atoms with Crippen molar-refractivity contribution in [3.05, 3.63) is 88.8 Å². The van der Waals surface area contributed by atoms with Crippen LogP contribution in [0.3, 0.4) is 0 Å². The summed E-state index contributed by atoms with van der Waals surface area (Å²) in [6.07, 6.45) is 4.42. The molecule has 8 nitrogen and oxygen atoms in total. The Bertz CT molecular complexity index is 1430. The van der Waals surface area contributed by atoms with E-state index in [4.69, 9.17) is 29.4 Å². The van der Waals surface area contributed by atoms with Gasteiger partial charge in [-0.2, -0.15) is 5.26 Å². The highest BCUT2D eigenvalue weighted by molar-refractivity contribution is 5.74. The zero-order chi connectivity index (χ0) is 28.5. The number of nitrogens with two attached hydrogens (primary N) is 1. The molecule has 0 saturated carbocycles. The van der Waals surface area contributed by atoms with E-state index in [9.17, 15) is 10.1 Å². The van der Waals surface area contributed by atoms with Gasteiger partial charge in [-0.15, -0.1) is 0 Å². The maximum Gasteiger partial charge on any atom is 0.349 e. The van der Waals surface area contributed by atoms with E-state index in [0.29, 0.717) is 35.2 Å². The first-order chi connectivity index (χ1) is 19.4. The molecule has 3 aromatic rings. The van der Waals surface area contributed by atoms with Crippen LogP contribution in [0.2, 0.25) is 0 Å². The molecule has 1 heterocycles. The highest BCUT2D eigenvalue weighted by atomic mass is 16.6. The molecule has 8 heteroatoms. The Kier molecular flexibility index (Phi) is 9.53. The van der Waals surface area contributed by atoms with Crippen LogP contribution in [0, 0.1) is 18.3 Å². The summed E-state index contributed by atoms with van der Waals surface area (Å²) in [6.45, 7) is 4.46. The van der Waals surface area contributed by atoms with Crippen molar-refractivity contribution in [2.45, 2.75) is 45.4 Å². The standard InChI is InChI=1S/C32H34N2O6/c1-4-5-6-7-15-37-27-14-11-22(17-29(27)36-3)31-25-13-12-24(18-28(25)40-32(34)26(31)19-33)39-30(35)20-38-23-10-8-9-21(2)16-23/h8-14,16-18,31H,4-7,15,20,34H2,1-3H3. The Morgan fingerprint density at radius 1 is 1.00 bits per heavy atom. The molecule has 0 aliphatic carbocycles. The summed E-state index contributed by atoms with van der Waals surface area (Å²) in [4.78, 5) is 12.4. The molecule has 1 aliphatic rings. The van der Waals surface area contributed by atoms with Gasteiger partial charge in [0.25, 0.3) is 0 Å². The van der Waals surface area contributed by atoms with E-state index in [1.165, 1.54) is 6.42 Å². The van der Waals surface area contributed by atoms with Crippen molar-refractivity contribution in [1.29, 1.82) is 5.26 Å². The molecule has 1 aliphatic heterocycles. The van der Waals surface area contributed by atoms with Gasteiger partial charge in [-0.3, -0.25) is 0 Å². The summed E-state index contributed by atoms with van der Waals surface area (Å²) in [5.74, 6) is 1.37. The third-order valence-corrected chi connectivity index (χ3v) is 6.54. The molecule has 0 spiro atoms. The Balaban J connectivity index is 1.52. The average molecular weight is 543 g/mol. The van der Waals surface area contributed by atoms with Crippen LogP contribution in [-0.4, -0.2) is 26.3 Å². The molecular formula is C32H34N2O6. The molecule has 0 aromatic heterocycles. The number of carbonyl (C=O) groups is 1. The van der Waals surface area contributed by atoms with Gasteiger partial charge in [0.1, 0.15) is 28.9 Å². The second-order valence-corrected chi connectivity index (χ2v) is 9.52. The van der Waals surface area contributed by atoms with Crippen molar-refractivity contribution in [1.82, 2.24) is 0 Å². The molecule has 0 saturated heterocycles. The smallest absolute Gasteiger partial charge is 0.349 e. The van der Waals surface area contributed by atoms with E-state index in [1.54, 1.807) is 31.4 Å². The summed E-state index contributed by atoms with van der Waals surface area (Å²) in [6, 6.07) is 20.2. The third kappa shape index (κ3) is 6.86. The Hall–Kier alpha value is -4.64. The predicted molar refractivity (Wildman–Crippen MR) is 151 cm³/mol. The second-order valence-electron chi connectivity index (χ2n) is 9.52. The van der Waals surface area contributed by atoms with Crippen LogP contribution in [0.4, 0.5) is 0 Å². The summed E-state index contributed by atoms with van der Waals surface area (Å²) in [7, 11) is 1.58. The van der Waals surface area contributed by atoms with Crippen molar-refractivity contribution >= 4 is 5.97 Å². The first kappa shape index (κ1) is 28.4. The highest BCUT2D eigenvalue weighted by Gasteiger charge is 2.31. The zero-order valence-electron chi connectivity index (χ0n) is 23.1. The van der Waals surface area contributed by atoms with Gasteiger partial charge in [0.2, 0.25) is 5.88 Å². The number of esters is 1. The summed E-state index contributed by atoms with van der Waals surface area (Å²) < 4.78 is 28.3. The fraction of sp³-hybridized carbons (Fsp3) is 0.312. The van der Waals surface area contributed by atoms with Crippen LogP contribution < -0.4 is 29.4 Å². The summed E-state index contributed by atoms with van der Waals surface area (Å²) in [5.41, 5.74) is 8.96. The van der Waals surface area contributed by atoms with Crippen molar-refractivity contribution in [3.8, 4) is 34.8 Å². The maximum atomic E-state index is 12.4. The van der Waals surface area contributed by atoms with E-state index in [-0.39, 0.29) is 23.8 Å². The molecule has 0 fully saturated rings. The lowest BCUT2D eigenvalue weighted by atomic mass is 9.83. The van der Waals surface area contributed by atoms with Gasteiger partial charge in [-0.1, -0.05) is 50.5 Å². The normalized spacial score (nSPS) is 14.0. The SMILES string of the molecule is CCCCCCOc1ccc(C2C(C#N)=C(N)Oc3cc(OC(=O)COc4cccc(C)c4)ccc32)cc1OC. The van der Waals surface area contributed by atoms with Gasteiger partial charge in [0.15, 0.2) is 18.1 Å². The molecular weight excluding hydrogens is 508 g/mol. The molecule has 4 rings (SSSR count). The zero-order valence-corrected chi connectivity index (χ0v) is 23.1. The molecule has 0 radical (unpaired) electrons. The number of methoxy groups -OCH3 is 1. The topological polar surface area (TPSA) is 113 Å². The number of benzene rings is 3. The maximum absolute atomic E-state index is 12.4. The van der Waals surface area contributed by atoms with Gasteiger partial charge < -0.3 is 29.4 Å². The number of nitrogens with zero attached hydrogens (tertiary/aromatic N) is 1. The molecule has 1 atom stereocenters. The minimum atomic E-state index is -0.565. The fourth-order valence-electron chi connectivity index (χ4n) is 4.54. The Morgan fingerprint density at radius 3 is 2.60 bits per heavy atom. The number of rotatable bonds is 12. The van der Waals surface area contributed by atoms with E-state index in [1.807, 2.05) is 43.3 Å². The van der Waals surface area contributed by atoms with Crippen LogP contribution >= 0.6 is 0 Å². The number of ether oxygens (including phenoxy) is 5. The third-order valence-electron chi connectivity index (χ3n) is 6.54. The lowest BCUT2D eigenvalue weighted by molar-refractivity contribution is -0.136. The second kappa shape index (κ2) is 13.4. The van der Waals surface area contributed by atoms with E-state index in [2.05, 4.69) is 13.0 Å². The number of unbranched alkanes of at least 4 members (excludes halogenated alkanes) is 3. The largest absolute Gasteiger partial charge is 0.493 e. The fourth-order valence-corrected chi connectivity index (χ4v) is 4.54. The number of hydrogen-bond donors (Lipinski definition) is 1. The molecule has 1 unspecified atom stereocenters. The van der Waals surface area contributed by atoms with E-state index in [0.717, 1.165) is 30.4 Å². The van der Waals surface area contributed by atoms with Crippen LogP contribution in [0.25, 0.3) is 0 Å². The number of allylic oxidation sites excluding steroid dienone is 1. The molecule has 40 heavy (non-hydrogen) atoms. The molecule has 0 bridgehead atoms. The Labute approximate surface area is 234 Å². The minimum absolute atomic E-state index is 0.0125. The van der Waals surface area contributed by atoms with E-state index < -0.39 is 11.9 Å². The van der Waals surface area contributed by atoms with Crippen LogP contribution in [0.5, 0.6) is 28.7 Å². The lowest BCUT2D eigenvalue weighted by Gasteiger charge is -2.27. The van der Waals surface area contributed by atoms with E-state index >= 15 is 0 Å². The van der Waals surface area contributed by atoms with Crippen molar-refractivity contribution in [2.75, 3.05) is 20.3 Å².